The third-order valence-corrected chi connectivity index (χ3v) is 5.88. The first kappa shape index (κ1) is 23.4. The molecule has 1 aliphatic heterocycles. The van der Waals surface area contributed by atoms with E-state index in [1.54, 1.807) is 21.3 Å². The fourth-order valence-corrected chi connectivity index (χ4v) is 4.02. The Bertz CT molecular complexity index is 883. The normalized spacial score (nSPS) is 14.0. The highest BCUT2D eigenvalue weighted by molar-refractivity contribution is 5.80. The fourth-order valence-electron chi connectivity index (χ4n) is 4.02. The molecule has 2 amide bonds. The average Bonchev–Trinajstić information content (AvgIpc) is 2.85. The molecule has 1 fully saturated rings. The van der Waals surface area contributed by atoms with Crippen molar-refractivity contribution in [3.8, 4) is 17.2 Å². The summed E-state index contributed by atoms with van der Waals surface area (Å²) >= 11 is 0. The van der Waals surface area contributed by atoms with Crippen LogP contribution in [-0.4, -0.2) is 51.1 Å². The van der Waals surface area contributed by atoms with Crippen LogP contribution in [0.15, 0.2) is 42.5 Å². The second kappa shape index (κ2) is 11.4. The lowest BCUT2D eigenvalue weighted by atomic mass is 9.95. The van der Waals surface area contributed by atoms with Gasteiger partial charge >= 0.3 is 0 Å². The molecule has 0 spiro atoms. The number of hydrogen-bond acceptors (Lipinski definition) is 5. The average molecular weight is 441 g/mol. The molecule has 0 saturated carbocycles. The van der Waals surface area contributed by atoms with Crippen LogP contribution in [0.2, 0.25) is 0 Å². The summed E-state index contributed by atoms with van der Waals surface area (Å²) in [5, 5.41) is 3.01. The summed E-state index contributed by atoms with van der Waals surface area (Å²) in [5.74, 6) is 1.71. The topological polar surface area (TPSA) is 77.1 Å². The van der Waals surface area contributed by atoms with E-state index in [0.29, 0.717) is 56.1 Å². The van der Waals surface area contributed by atoms with Gasteiger partial charge in [-0.05, 0) is 42.5 Å². The lowest BCUT2D eigenvalue weighted by molar-refractivity contribution is -0.135. The smallest absolute Gasteiger partial charge is 0.223 e. The summed E-state index contributed by atoms with van der Waals surface area (Å²) in [5.41, 5.74) is 2.03. The molecule has 0 bridgehead atoms. The van der Waals surface area contributed by atoms with E-state index in [4.69, 9.17) is 14.2 Å². The van der Waals surface area contributed by atoms with Gasteiger partial charge in [-0.25, -0.2) is 0 Å². The molecule has 2 aromatic rings. The van der Waals surface area contributed by atoms with Gasteiger partial charge in [-0.15, -0.1) is 0 Å². The first-order valence-electron chi connectivity index (χ1n) is 10.9. The van der Waals surface area contributed by atoms with Crippen molar-refractivity contribution in [1.29, 1.82) is 0 Å². The molecule has 1 N–H and O–H groups in total. The Hall–Kier alpha value is -3.22. The molecule has 172 valence electrons. The minimum absolute atomic E-state index is 0.00939. The largest absolute Gasteiger partial charge is 0.493 e. The molecule has 1 aliphatic rings. The van der Waals surface area contributed by atoms with E-state index in [1.165, 1.54) is 5.56 Å². The molecule has 0 aliphatic carbocycles. The zero-order valence-electron chi connectivity index (χ0n) is 19.1. The summed E-state index contributed by atoms with van der Waals surface area (Å²) in [6, 6.07) is 13.7. The van der Waals surface area contributed by atoms with E-state index < -0.39 is 0 Å². The van der Waals surface area contributed by atoms with Crippen molar-refractivity contribution < 1.29 is 23.8 Å². The summed E-state index contributed by atoms with van der Waals surface area (Å²) in [6.07, 6.45) is 2.60. The van der Waals surface area contributed by atoms with E-state index in [9.17, 15) is 9.59 Å². The van der Waals surface area contributed by atoms with Crippen molar-refractivity contribution in [1.82, 2.24) is 10.2 Å². The number of rotatable bonds is 9. The molecule has 2 aromatic carbocycles. The van der Waals surface area contributed by atoms with Gasteiger partial charge in [-0.1, -0.05) is 30.3 Å². The number of carbonyl (C=O) groups is 2. The first-order valence-corrected chi connectivity index (χ1v) is 10.9. The maximum atomic E-state index is 12.7. The number of likely N-dealkylation sites (tertiary alicyclic amines) is 1. The zero-order chi connectivity index (χ0) is 22.9. The molecule has 0 aromatic heterocycles. The molecular weight excluding hydrogens is 408 g/mol. The Morgan fingerprint density at radius 3 is 2.12 bits per heavy atom. The minimum atomic E-state index is -0.0878. The second-order valence-electron chi connectivity index (χ2n) is 7.89. The number of nitrogens with one attached hydrogen (secondary N) is 1. The molecule has 3 rings (SSSR count). The van der Waals surface area contributed by atoms with Crippen LogP contribution < -0.4 is 19.5 Å². The summed E-state index contributed by atoms with van der Waals surface area (Å²) in [6.45, 7) is 1.61. The number of hydrogen-bond donors (Lipinski definition) is 1. The van der Waals surface area contributed by atoms with E-state index in [1.807, 2.05) is 47.4 Å². The van der Waals surface area contributed by atoms with Crippen LogP contribution in [-0.2, 0) is 22.6 Å². The number of piperidine rings is 1. The maximum absolute atomic E-state index is 12.7. The Morgan fingerprint density at radius 1 is 0.938 bits per heavy atom. The lowest BCUT2D eigenvalue weighted by Gasteiger charge is -2.31. The fraction of sp³-hybridized carbons (Fsp3) is 0.440. The predicted molar refractivity (Wildman–Crippen MR) is 122 cm³/mol. The molecular formula is C25H32N2O5. The molecule has 7 nitrogen and oxygen atoms in total. The number of aryl methyl sites for hydroxylation is 1. The van der Waals surface area contributed by atoms with Crippen molar-refractivity contribution in [2.75, 3.05) is 34.4 Å². The van der Waals surface area contributed by atoms with Gasteiger partial charge in [0, 0.05) is 32.0 Å². The number of carbonyl (C=O) groups excluding carboxylic acids is 2. The van der Waals surface area contributed by atoms with Gasteiger partial charge in [0.05, 0.1) is 21.3 Å². The number of methoxy groups -OCH3 is 3. The van der Waals surface area contributed by atoms with E-state index in [-0.39, 0.29) is 17.7 Å². The Labute approximate surface area is 189 Å². The van der Waals surface area contributed by atoms with Crippen LogP contribution >= 0.6 is 0 Å². The van der Waals surface area contributed by atoms with Crippen molar-refractivity contribution in [3.05, 3.63) is 53.6 Å². The van der Waals surface area contributed by atoms with E-state index in [0.717, 1.165) is 12.0 Å². The number of benzene rings is 2. The summed E-state index contributed by atoms with van der Waals surface area (Å²) in [4.78, 5) is 27.1. The number of amides is 2. The van der Waals surface area contributed by atoms with Crippen molar-refractivity contribution >= 4 is 11.8 Å². The summed E-state index contributed by atoms with van der Waals surface area (Å²) < 4.78 is 16.1. The van der Waals surface area contributed by atoms with Crippen molar-refractivity contribution in [3.63, 3.8) is 0 Å². The van der Waals surface area contributed by atoms with E-state index in [2.05, 4.69) is 5.32 Å². The highest BCUT2D eigenvalue weighted by Gasteiger charge is 2.27. The van der Waals surface area contributed by atoms with Crippen LogP contribution in [0.25, 0.3) is 0 Å². The molecule has 0 unspecified atom stereocenters. The first-order chi connectivity index (χ1) is 15.5. The van der Waals surface area contributed by atoms with Gasteiger partial charge in [0.2, 0.25) is 17.6 Å². The van der Waals surface area contributed by atoms with Crippen LogP contribution in [0.5, 0.6) is 17.2 Å². The quantitative estimate of drug-likeness (QED) is 0.648. The number of nitrogens with zero attached hydrogens (tertiary/aromatic N) is 1. The molecule has 0 radical (unpaired) electrons. The molecule has 32 heavy (non-hydrogen) atoms. The maximum Gasteiger partial charge on any atom is 0.223 e. The van der Waals surface area contributed by atoms with Crippen LogP contribution in [0.4, 0.5) is 0 Å². The third-order valence-electron chi connectivity index (χ3n) is 5.88. The van der Waals surface area contributed by atoms with Crippen LogP contribution in [0.3, 0.4) is 0 Å². The standard InChI is InChI=1S/C25H32N2O5/c1-30-21-15-19(16-22(31-2)24(21)32-3)17-26-25(29)20-11-13-27(14-12-20)23(28)10-9-18-7-5-4-6-8-18/h4-8,15-16,20H,9-14,17H2,1-3H3,(H,26,29). The highest BCUT2D eigenvalue weighted by Crippen LogP contribution is 2.38. The third kappa shape index (κ3) is 5.93. The van der Waals surface area contributed by atoms with Gasteiger partial charge in [0.25, 0.3) is 0 Å². The molecule has 1 heterocycles. The van der Waals surface area contributed by atoms with Gasteiger partial charge in [-0.3, -0.25) is 9.59 Å². The Balaban J connectivity index is 1.47. The molecule has 0 atom stereocenters. The molecule has 1 saturated heterocycles. The molecule has 7 heteroatoms. The predicted octanol–water partition coefficient (Wildman–Crippen LogP) is 3.20. The SMILES string of the molecule is COc1cc(CNC(=O)C2CCN(C(=O)CCc3ccccc3)CC2)cc(OC)c1OC. The van der Waals surface area contributed by atoms with Crippen LogP contribution in [0, 0.1) is 5.92 Å². The van der Waals surface area contributed by atoms with Crippen LogP contribution in [0.1, 0.15) is 30.4 Å². The number of ether oxygens (including phenoxy) is 3. The van der Waals surface area contributed by atoms with Crippen molar-refractivity contribution in [2.24, 2.45) is 5.92 Å². The summed E-state index contributed by atoms with van der Waals surface area (Å²) in [7, 11) is 4.68. The lowest BCUT2D eigenvalue weighted by Crippen LogP contribution is -2.43. The second-order valence-corrected chi connectivity index (χ2v) is 7.89. The van der Waals surface area contributed by atoms with E-state index >= 15 is 0 Å². The van der Waals surface area contributed by atoms with Gasteiger partial charge < -0.3 is 24.4 Å². The van der Waals surface area contributed by atoms with Gasteiger partial charge in [-0.2, -0.15) is 0 Å². The zero-order valence-corrected chi connectivity index (χ0v) is 19.1. The van der Waals surface area contributed by atoms with Crippen molar-refractivity contribution in [2.45, 2.75) is 32.2 Å². The van der Waals surface area contributed by atoms with Gasteiger partial charge in [0.15, 0.2) is 11.5 Å². The minimum Gasteiger partial charge on any atom is -0.493 e. The Morgan fingerprint density at radius 2 is 1.56 bits per heavy atom. The van der Waals surface area contributed by atoms with Gasteiger partial charge in [0.1, 0.15) is 0 Å². The Kier molecular flexibility index (Phi) is 8.36. The monoisotopic (exact) mass is 440 g/mol. The highest BCUT2D eigenvalue weighted by atomic mass is 16.5.